The Labute approximate surface area is 169 Å². The molecule has 0 bridgehead atoms. The number of aliphatic hydroxyl groups excluding tert-OH is 1. The quantitative estimate of drug-likeness (QED) is 0.696. The molecule has 1 aromatic heterocycles. The molecule has 1 fully saturated rings. The predicted octanol–water partition coefficient (Wildman–Crippen LogP) is 3.10. The third-order valence-electron chi connectivity index (χ3n) is 4.91. The van der Waals surface area contributed by atoms with Crippen molar-refractivity contribution < 1.29 is 14.6 Å². The molecule has 3 aromatic rings. The monoisotopic (exact) mass is 390 g/mol. The first-order chi connectivity index (χ1) is 14.1. The number of anilines is 2. The van der Waals surface area contributed by atoms with E-state index in [-0.39, 0.29) is 5.91 Å². The van der Waals surface area contributed by atoms with Crippen LogP contribution >= 0.6 is 0 Å². The number of hydrogen-bond donors (Lipinski definition) is 2. The first-order valence-corrected chi connectivity index (χ1v) is 9.43. The van der Waals surface area contributed by atoms with Crippen molar-refractivity contribution in [2.75, 3.05) is 25.5 Å². The zero-order valence-corrected chi connectivity index (χ0v) is 16.1. The van der Waals surface area contributed by atoms with Gasteiger partial charge in [-0.25, -0.2) is 9.97 Å². The highest BCUT2D eigenvalue weighted by molar-refractivity contribution is 5.94. The highest BCUT2D eigenvalue weighted by Gasteiger charge is 2.25. The molecule has 0 saturated carbocycles. The van der Waals surface area contributed by atoms with Crippen molar-refractivity contribution in [3.05, 3.63) is 66.5 Å². The largest absolute Gasteiger partial charge is 0.497 e. The van der Waals surface area contributed by atoms with E-state index in [1.807, 2.05) is 36.4 Å². The molecule has 1 amide bonds. The predicted molar refractivity (Wildman–Crippen MR) is 110 cm³/mol. The van der Waals surface area contributed by atoms with Gasteiger partial charge in [-0.15, -0.1) is 0 Å². The molecule has 29 heavy (non-hydrogen) atoms. The van der Waals surface area contributed by atoms with Crippen molar-refractivity contribution in [2.24, 2.45) is 0 Å². The SMILES string of the molecule is COc1ccc(-c2cnc(Nc3ccc(C(=O)N4CCC(O)C4)cc3)nc2)cc1. The van der Waals surface area contributed by atoms with E-state index in [1.54, 1.807) is 36.5 Å². The Hall–Kier alpha value is -3.45. The molecule has 2 N–H and O–H groups in total. The van der Waals surface area contributed by atoms with Crippen LogP contribution in [0.4, 0.5) is 11.6 Å². The van der Waals surface area contributed by atoms with Crippen LogP contribution in [-0.2, 0) is 0 Å². The summed E-state index contributed by atoms with van der Waals surface area (Å²) in [4.78, 5) is 22.8. The molecule has 1 saturated heterocycles. The molecule has 4 rings (SSSR count). The van der Waals surface area contributed by atoms with Gasteiger partial charge in [-0.2, -0.15) is 0 Å². The zero-order valence-electron chi connectivity index (χ0n) is 16.1. The van der Waals surface area contributed by atoms with Gasteiger partial charge in [-0.3, -0.25) is 4.79 Å². The number of β-amino-alcohol motifs (C(OH)–C–C–N with tert-alkyl or cyclic N) is 1. The number of likely N-dealkylation sites (tertiary alicyclic amines) is 1. The third kappa shape index (κ3) is 4.35. The number of amides is 1. The number of aromatic nitrogens is 2. The molecule has 1 aliphatic rings. The lowest BCUT2D eigenvalue weighted by molar-refractivity contribution is 0.0765. The normalized spacial score (nSPS) is 15.9. The average Bonchev–Trinajstić information content (AvgIpc) is 3.21. The van der Waals surface area contributed by atoms with E-state index in [0.717, 1.165) is 22.6 Å². The van der Waals surface area contributed by atoms with Crippen molar-refractivity contribution in [3.8, 4) is 16.9 Å². The van der Waals surface area contributed by atoms with Crippen LogP contribution in [0.1, 0.15) is 16.8 Å². The molecule has 7 heteroatoms. The number of nitrogens with one attached hydrogen (secondary N) is 1. The second-order valence-electron chi connectivity index (χ2n) is 6.92. The summed E-state index contributed by atoms with van der Waals surface area (Å²) in [5.74, 6) is 1.22. The third-order valence-corrected chi connectivity index (χ3v) is 4.91. The summed E-state index contributed by atoms with van der Waals surface area (Å²) in [5.41, 5.74) is 3.31. The van der Waals surface area contributed by atoms with Gasteiger partial charge in [0.25, 0.3) is 5.91 Å². The number of carbonyl (C=O) groups excluding carboxylic acids is 1. The summed E-state index contributed by atoms with van der Waals surface area (Å²) < 4.78 is 5.17. The molecule has 2 aromatic carbocycles. The Bertz CT molecular complexity index is 972. The van der Waals surface area contributed by atoms with Crippen molar-refractivity contribution >= 4 is 17.5 Å². The number of carbonyl (C=O) groups is 1. The van der Waals surface area contributed by atoms with Gasteiger partial charge in [0.15, 0.2) is 0 Å². The zero-order chi connectivity index (χ0) is 20.2. The minimum Gasteiger partial charge on any atom is -0.497 e. The summed E-state index contributed by atoms with van der Waals surface area (Å²) in [6, 6.07) is 14.9. The van der Waals surface area contributed by atoms with E-state index in [0.29, 0.717) is 31.0 Å². The maximum absolute atomic E-state index is 12.4. The van der Waals surface area contributed by atoms with Crippen LogP contribution in [0.2, 0.25) is 0 Å². The molecule has 1 unspecified atom stereocenters. The van der Waals surface area contributed by atoms with Crippen molar-refractivity contribution in [1.29, 1.82) is 0 Å². The molecular formula is C22H22N4O3. The van der Waals surface area contributed by atoms with Gasteiger partial charge in [0.1, 0.15) is 5.75 Å². The second kappa shape index (κ2) is 8.28. The van der Waals surface area contributed by atoms with Crippen LogP contribution in [-0.4, -0.2) is 52.2 Å². The van der Waals surface area contributed by atoms with Crippen LogP contribution in [0, 0.1) is 0 Å². The van der Waals surface area contributed by atoms with Gasteiger partial charge >= 0.3 is 0 Å². The molecule has 1 atom stereocenters. The summed E-state index contributed by atoms with van der Waals surface area (Å²) in [5, 5.41) is 12.7. The first kappa shape index (κ1) is 18.9. The molecular weight excluding hydrogens is 368 g/mol. The van der Waals surface area contributed by atoms with Crippen molar-refractivity contribution in [2.45, 2.75) is 12.5 Å². The first-order valence-electron chi connectivity index (χ1n) is 9.43. The van der Waals surface area contributed by atoms with Gasteiger partial charge in [-0.05, 0) is 48.4 Å². The molecule has 1 aliphatic heterocycles. The van der Waals surface area contributed by atoms with E-state index in [4.69, 9.17) is 4.74 Å². The Morgan fingerprint density at radius 1 is 1.07 bits per heavy atom. The molecule has 0 aliphatic carbocycles. The Kier molecular flexibility index (Phi) is 5.39. The Balaban J connectivity index is 1.40. The van der Waals surface area contributed by atoms with E-state index < -0.39 is 6.10 Å². The van der Waals surface area contributed by atoms with Gasteiger partial charge in [0, 0.05) is 42.3 Å². The lowest BCUT2D eigenvalue weighted by Gasteiger charge is -2.15. The summed E-state index contributed by atoms with van der Waals surface area (Å²) >= 11 is 0. The van der Waals surface area contributed by atoms with Gasteiger partial charge in [0.2, 0.25) is 5.95 Å². The van der Waals surface area contributed by atoms with Gasteiger partial charge < -0.3 is 20.1 Å². The minimum atomic E-state index is -0.419. The Morgan fingerprint density at radius 3 is 2.34 bits per heavy atom. The minimum absolute atomic E-state index is 0.0619. The average molecular weight is 390 g/mol. The number of nitrogens with zero attached hydrogens (tertiary/aromatic N) is 3. The second-order valence-corrected chi connectivity index (χ2v) is 6.92. The van der Waals surface area contributed by atoms with E-state index in [9.17, 15) is 9.90 Å². The fraction of sp³-hybridized carbons (Fsp3) is 0.227. The fourth-order valence-electron chi connectivity index (χ4n) is 3.26. The summed E-state index contributed by atoms with van der Waals surface area (Å²) in [6.07, 6.45) is 3.73. The molecule has 148 valence electrons. The lowest BCUT2D eigenvalue weighted by atomic mass is 10.1. The highest BCUT2D eigenvalue weighted by Crippen LogP contribution is 2.22. The highest BCUT2D eigenvalue weighted by atomic mass is 16.5. The summed E-state index contributed by atoms with van der Waals surface area (Å²) in [6.45, 7) is 0.988. The smallest absolute Gasteiger partial charge is 0.253 e. The van der Waals surface area contributed by atoms with Crippen LogP contribution < -0.4 is 10.1 Å². The fourth-order valence-corrected chi connectivity index (χ4v) is 3.26. The molecule has 0 radical (unpaired) electrons. The van der Waals surface area contributed by atoms with Gasteiger partial charge in [-0.1, -0.05) is 12.1 Å². The maximum atomic E-state index is 12.4. The molecule has 2 heterocycles. The van der Waals surface area contributed by atoms with E-state index >= 15 is 0 Å². The maximum Gasteiger partial charge on any atom is 0.253 e. The number of hydrogen-bond acceptors (Lipinski definition) is 6. The number of aliphatic hydroxyl groups is 1. The summed E-state index contributed by atoms with van der Waals surface area (Å²) in [7, 11) is 1.64. The number of methoxy groups -OCH3 is 1. The molecule has 7 nitrogen and oxygen atoms in total. The topological polar surface area (TPSA) is 87.6 Å². The number of benzene rings is 2. The standard InChI is InChI=1S/C22H22N4O3/c1-29-20-8-4-15(5-9-20)17-12-23-22(24-13-17)25-18-6-2-16(3-7-18)21(28)26-11-10-19(27)14-26/h2-9,12-13,19,27H,10-11,14H2,1H3,(H,23,24,25). The Morgan fingerprint density at radius 2 is 1.76 bits per heavy atom. The van der Waals surface area contributed by atoms with Gasteiger partial charge in [0.05, 0.1) is 13.2 Å². The van der Waals surface area contributed by atoms with Crippen LogP contribution in [0.3, 0.4) is 0 Å². The number of ether oxygens (including phenoxy) is 1. The lowest BCUT2D eigenvalue weighted by Crippen LogP contribution is -2.29. The van der Waals surface area contributed by atoms with E-state index in [1.165, 1.54) is 0 Å². The van der Waals surface area contributed by atoms with E-state index in [2.05, 4.69) is 15.3 Å². The molecule has 0 spiro atoms. The van der Waals surface area contributed by atoms with Crippen molar-refractivity contribution in [1.82, 2.24) is 14.9 Å². The van der Waals surface area contributed by atoms with Crippen LogP contribution in [0.5, 0.6) is 5.75 Å². The van der Waals surface area contributed by atoms with Crippen molar-refractivity contribution in [3.63, 3.8) is 0 Å². The van der Waals surface area contributed by atoms with Crippen LogP contribution in [0.25, 0.3) is 11.1 Å². The van der Waals surface area contributed by atoms with Crippen LogP contribution in [0.15, 0.2) is 60.9 Å². The number of rotatable bonds is 5.